The van der Waals surface area contributed by atoms with E-state index in [9.17, 15) is 0 Å². The van der Waals surface area contributed by atoms with Crippen LogP contribution in [0.2, 0.25) is 0 Å². The molecule has 2 nitrogen and oxygen atoms in total. The predicted octanol–water partition coefficient (Wildman–Crippen LogP) is 18.3. The van der Waals surface area contributed by atoms with Crippen LogP contribution < -0.4 is 4.90 Å². The van der Waals surface area contributed by atoms with Gasteiger partial charge in [0.25, 0.3) is 0 Å². The second-order valence-electron chi connectivity index (χ2n) is 17.2. The minimum Gasteiger partial charge on any atom is -0.456 e. The molecular weight excluding hydrogens is 799 g/mol. The molecule has 13 aromatic rings. The Morgan fingerprint density at radius 2 is 0.758 bits per heavy atom. The molecule has 1 aromatic heterocycles. The van der Waals surface area contributed by atoms with Crippen molar-refractivity contribution in [3.63, 3.8) is 0 Å². The van der Waals surface area contributed by atoms with Crippen molar-refractivity contribution < 1.29 is 4.42 Å². The van der Waals surface area contributed by atoms with Crippen molar-refractivity contribution in [3.8, 4) is 44.5 Å². The van der Waals surface area contributed by atoms with Crippen molar-refractivity contribution in [2.24, 2.45) is 0 Å². The van der Waals surface area contributed by atoms with Crippen LogP contribution in [0.1, 0.15) is 0 Å². The van der Waals surface area contributed by atoms with Crippen LogP contribution in [0.4, 0.5) is 17.1 Å². The Labute approximate surface area is 382 Å². The smallest absolute Gasteiger partial charge is 0.135 e. The summed E-state index contributed by atoms with van der Waals surface area (Å²) in [6.45, 7) is 0. The highest BCUT2D eigenvalue weighted by Gasteiger charge is 2.20. The zero-order valence-corrected chi connectivity index (χ0v) is 36.0. The molecule has 0 saturated heterocycles. The molecule has 0 N–H and O–H groups in total. The summed E-state index contributed by atoms with van der Waals surface area (Å²) < 4.78 is 6.11. The third-order valence-corrected chi connectivity index (χ3v) is 13.5. The fourth-order valence-corrected chi connectivity index (χ4v) is 10.3. The van der Waals surface area contributed by atoms with Crippen LogP contribution in [0.5, 0.6) is 0 Å². The summed E-state index contributed by atoms with van der Waals surface area (Å²) in [4.78, 5) is 2.43. The molecule has 0 saturated carbocycles. The van der Waals surface area contributed by atoms with Crippen LogP contribution in [0.3, 0.4) is 0 Å². The number of rotatable bonds is 7. The molecule has 0 aliphatic rings. The van der Waals surface area contributed by atoms with Gasteiger partial charge in [-0.2, -0.15) is 0 Å². The van der Waals surface area contributed by atoms with Crippen molar-refractivity contribution in [1.29, 1.82) is 0 Å². The van der Waals surface area contributed by atoms with Gasteiger partial charge < -0.3 is 9.32 Å². The number of para-hydroxylation sites is 1. The van der Waals surface area contributed by atoms with Crippen LogP contribution in [0, 0.1) is 0 Å². The lowest BCUT2D eigenvalue weighted by Crippen LogP contribution is -2.10. The van der Waals surface area contributed by atoms with Crippen LogP contribution in [0.15, 0.2) is 253 Å². The molecule has 12 aromatic carbocycles. The van der Waals surface area contributed by atoms with Crippen molar-refractivity contribution in [1.82, 2.24) is 0 Å². The minimum atomic E-state index is 0.911. The molecule has 1 heterocycles. The second-order valence-corrected chi connectivity index (χ2v) is 17.2. The maximum atomic E-state index is 6.11. The maximum Gasteiger partial charge on any atom is 0.135 e. The molecule has 308 valence electrons. The zero-order chi connectivity index (χ0) is 43.6. The Morgan fingerprint density at radius 1 is 0.258 bits per heavy atom. The van der Waals surface area contributed by atoms with E-state index < -0.39 is 0 Å². The number of hydrogen-bond donors (Lipinski definition) is 0. The summed E-state index contributed by atoms with van der Waals surface area (Å²) in [5.41, 5.74) is 14.7. The molecule has 0 aliphatic heterocycles. The van der Waals surface area contributed by atoms with Gasteiger partial charge in [0, 0.05) is 27.5 Å². The molecule has 0 bridgehead atoms. The van der Waals surface area contributed by atoms with Crippen LogP contribution in [0.25, 0.3) is 110 Å². The SMILES string of the molecule is c1ccc2c(-c3ccc4ccccc4c3-c3ccc(N(c4ccc(-c5ccc(-c6ccc7oc8ccccc8c7c6)cc5)cc4)c4cc5ccccc5c5ccccc45)cc3)cccc2c1. The van der Waals surface area contributed by atoms with E-state index in [-0.39, 0.29) is 0 Å². The Hall–Kier alpha value is -8.72. The van der Waals surface area contributed by atoms with Gasteiger partial charge in [0.05, 0.1) is 5.69 Å². The van der Waals surface area contributed by atoms with Gasteiger partial charge >= 0.3 is 0 Å². The lowest BCUT2D eigenvalue weighted by molar-refractivity contribution is 0.669. The lowest BCUT2D eigenvalue weighted by atomic mass is 9.88. The summed E-state index contributed by atoms with van der Waals surface area (Å²) in [6.07, 6.45) is 0. The molecular formula is C64H41NO. The van der Waals surface area contributed by atoms with Crippen molar-refractivity contribution in [2.75, 3.05) is 4.90 Å². The van der Waals surface area contributed by atoms with E-state index in [0.29, 0.717) is 0 Å². The topological polar surface area (TPSA) is 16.4 Å². The molecule has 13 rings (SSSR count). The molecule has 0 aliphatic carbocycles. The fourth-order valence-electron chi connectivity index (χ4n) is 10.3. The summed E-state index contributed by atoms with van der Waals surface area (Å²) in [5.74, 6) is 0. The quantitative estimate of drug-likeness (QED) is 0.149. The van der Waals surface area contributed by atoms with Gasteiger partial charge in [-0.3, -0.25) is 0 Å². The van der Waals surface area contributed by atoms with Crippen molar-refractivity contribution in [2.45, 2.75) is 0 Å². The van der Waals surface area contributed by atoms with Gasteiger partial charge in [0.15, 0.2) is 0 Å². The molecule has 0 spiro atoms. The van der Waals surface area contributed by atoms with Gasteiger partial charge in [-0.15, -0.1) is 0 Å². The standard InChI is InChI=1S/C64H41NO/c1-4-16-52-45(12-1)15-11-22-56(52)59-38-32-46-13-2-6-18-54(46)64(59)47-30-36-51(37-31-47)65(61-41-49-14-3-5-17-53(49)55-19-7-8-20-57(55)61)50-34-28-43(29-35-50)42-24-26-44(27-25-42)48-33-39-63-60(40-48)58-21-9-10-23-62(58)66-63/h1-41H. The van der Waals surface area contributed by atoms with E-state index in [4.69, 9.17) is 4.42 Å². The van der Waals surface area contributed by atoms with E-state index in [1.54, 1.807) is 0 Å². The molecule has 2 heteroatoms. The average Bonchev–Trinajstić information content (AvgIpc) is 3.77. The monoisotopic (exact) mass is 839 g/mol. The fraction of sp³-hybridized carbons (Fsp3) is 0. The Kier molecular flexibility index (Phi) is 8.89. The molecule has 0 radical (unpaired) electrons. The third kappa shape index (κ3) is 6.34. The first-order valence-electron chi connectivity index (χ1n) is 22.7. The largest absolute Gasteiger partial charge is 0.456 e. The highest BCUT2D eigenvalue weighted by molar-refractivity contribution is 6.15. The Morgan fingerprint density at radius 3 is 1.48 bits per heavy atom. The van der Waals surface area contributed by atoms with E-state index >= 15 is 0 Å². The first-order chi connectivity index (χ1) is 32.7. The van der Waals surface area contributed by atoms with Gasteiger partial charge in [-0.05, 0) is 131 Å². The predicted molar refractivity (Wildman–Crippen MR) is 280 cm³/mol. The van der Waals surface area contributed by atoms with Crippen molar-refractivity contribution in [3.05, 3.63) is 249 Å². The van der Waals surface area contributed by atoms with Gasteiger partial charge in [-0.1, -0.05) is 200 Å². The van der Waals surface area contributed by atoms with E-state index in [1.807, 2.05) is 12.1 Å². The highest BCUT2D eigenvalue weighted by atomic mass is 16.3. The number of nitrogens with zero attached hydrogens (tertiary/aromatic N) is 1. The van der Waals surface area contributed by atoms with E-state index in [1.165, 1.54) is 82.0 Å². The zero-order valence-electron chi connectivity index (χ0n) is 36.0. The summed E-state index contributed by atoms with van der Waals surface area (Å²) in [5, 5.41) is 12.1. The Bertz CT molecular complexity index is 3970. The highest BCUT2D eigenvalue weighted by Crippen LogP contribution is 2.45. The molecule has 0 fully saturated rings. The summed E-state index contributed by atoms with van der Waals surface area (Å²) >= 11 is 0. The molecule has 0 amide bonds. The van der Waals surface area contributed by atoms with Crippen LogP contribution in [-0.2, 0) is 0 Å². The number of fused-ring (bicyclic) bond motifs is 8. The van der Waals surface area contributed by atoms with Gasteiger partial charge in [0.1, 0.15) is 11.2 Å². The average molecular weight is 840 g/mol. The molecule has 0 atom stereocenters. The lowest BCUT2D eigenvalue weighted by Gasteiger charge is -2.28. The van der Waals surface area contributed by atoms with Crippen LogP contribution in [-0.4, -0.2) is 0 Å². The maximum absolute atomic E-state index is 6.11. The van der Waals surface area contributed by atoms with Crippen LogP contribution >= 0.6 is 0 Å². The number of benzene rings is 12. The normalized spacial score (nSPS) is 11.6. The first kappa shape index (κ1) is 37.8. The molecule has 0 unspecified atom stereocenters. The molecule has 66 heavy (non-hydrogen) atoms. The summed E-state index contributed by atoms with van der Waals surface area (Å²) in [6, 6.07) is 90.5. The van der Waals surface area contributed by atoms with Gasteiger partial charge in [-0.25, -0.2) is 0 Å². The Balaban J connectivity index is 0.916. The second kappa shape index (κ2) is 15.5. The first-order valence-corrected chi connectivity index (χ1v) is 22.7. The third-order valence-electron chi connectivity index (χ3n) is 13.5. The number of hydrogen-bond acceptors (Lipinski definition) is 2. The number of furan rings is 1. The van der Waals surface area contributed by atoms with Crippen molar-refractivity contribution >= 4 is 82.1 Å². The van der Waals surface area contributed by atoms with E-state index in [2.05, 4.69) is 241 Å². The number of anilines is 3. The van der Waals surface area contributed by atoms with E-state index in [0.717, 1.165) is 44.6 Å². The van der Waals surface area contributed by atoms with Gasteiger partial charge in [0.2, 0.25) is 0 Å². The summed E-state index contributed by atoms with van der Waals surface area (Å²) in [7, 11) is 0. The minimum absolute atomic E-state index is 0.911.